The summed E-state index contributed by atoms with van der Waals surface area (Å²) in [6.45, 7) is 0.717. The maximum atomic E-state index is 13.1. The number of amides is 2. The van der Waals surface area contributed by atoms with Gasteiger partial charge in [-0.3, -0.25) is 9.59 Å². The summed E-state index contributed by atoms with van der Waals surface area (Å²) < 4.78 is 49.8. The molecule has 3 aromatic rings. The molecule has 1 heterocycles. The zero-order valence-electron chi connectivity index (χ0n) is 17.6. The molecule has 0 radical (unpaired) electrons. The van der Waals surface area contributed by atoms with Gasteiger partial charge in [0.2, 0.25) is 15.7 Å². The number of piperidine rings is 1. The number of benzene rings is 3. The summed E-state index contributed by atoms with van der Waals surface area (Å²) in [6, 6.07) is 18.3. The van der Waals surface area contributed by atoms with Gasteiger partial charge in [0.05, 0.1) is 10.6 Å². The summed E-state index contributed by atoms with van der Waals surface area (Å²) in [7, 11) is -4.85. The number of carbonyl (C=O) groups is 2. The SMILES string of the molecule is O=C(Nc1ccccc1S(=O)(=O)C(F)F)C1CCN(C(=O)c2cccc3ccccc23)CC1. The lowest BCUT2D eigenvalue weighted by atomic mass is 9.94. The summed E-state index contributed by atoms with van der Waals surface area (Å²) in [5, 5.41) is 4.32. The minimum Gasteiger partial charge on any atom is -0.339 e. The molecule has 1 saturated heterocycles. The maximum absolute atomic E-state index is 13.1. The van der Waals surface area contributed by atoms with Crippen LogP contribution in [0.5, 0.6) is 0 Å². The van der Waals surface area contributed by atoms with Crippen LogP contribution in [0.3, 0.4) is 0 Å². The Morgan fingerprint density at radius 2 is 1.55 bits per heavy atom. The molecule has 33 heavy (non-hydrogen) atoms. The first-order valence-electron chi connectivity index (χ1n) is 10.5. The summed E-state index contributed by atoms with van der Waals surface area (Å²) in [5.74, 6) is -4.62. The van der Waals surface area contributed by atoms with Crippen molar-refractivity contribution in [1.82, 2.24) is 4.90 Å². The van der Waals surface area contributed by atoms with Crippen LogP contribution in [0, 0.1) is 5.92 Å². The molecule has 1 aliphatic rings. The standard InChI is InChI=1S/C24H22F2N2O4S/c25-24(26)33(31,32)21-11-4-3-10-20(21)27-22(29)17-12-14-28(15-13-17)23(30)19-9-5-7-16-6-1-2-8-18(16)19/h1-11,17,24H,12-15H2,(H,27,29). The average Bonchev–Trinajstić information content (AvgIpc) is 2.83. The minimum absolute atomic E-state index is 0.112. The number of nitrogens with zero attached hydrogens (tertiary/aromatic N) is 1. The number of anilines is 1. The van der Waals surface area contributed by atoms with Gasteiger partial charge in [-0.1, -0.05) is 48.5 Å². The maximum Gasteiger partial charge on any atom is 0.341 e. The number of sulfone groups is 1. The molecule has 3 aromatic carbocycles. The van der Waals surface area contributed by atoms with Crippen molar-refractivity contribution in [2.45, 2.75) is 23.5 Å². The highest BCUT2D eigenvalue weighted by molar-refractivity contribution is 7.91. The van der Waals surface area contributed by atoms with Crippen molar-refractivity contribution in [3.63, 3.8) is 0 Å². The van der Waals surface area contributed by atoms with E-state index in [0.717, 1.165) is 16.8 Å². The normalized spacial score (nSPS) is 15.1. The Kier molecular flexibility index (Phi) is 6.42. The van der Waals surface area contributed by atoms with E-state index in [1.54, 1.807) is 11.0 Å². The molecular weight excluding hydrogens is 450 g/mol. The van der Waals surface area contributed by atoms with Crippen LogP contribution in [-0.4, -0.2) is 44.0 Å². The molecule has 6 nitrogen and oxygen atoms in total. The molecule has 0 bridgehead atoms. The number of nitrogens with one attached hydrogen (secondary N) is 1. The lowest BCUT2D eigenvalue weighted by Gasteiger charge is -2.31. The van der Waals surface area contributed by atoms with E-state index in [2.05, 4.69) is 5.32 Å². The molecule has 0 spiro atoms. The van der Waals surface area contributed by atoms with Gasteiger partial charge < -0.3 is 10.2 Å². The molecule has 0 atom stereocenters. The topological polar surface area (TPSA) is 83.6 Å². The second-order valence-corrected chi connectivity index (χ2v) is 9.77. The average molecular weight is 473 g/mol. The fourth-order valence-electron chi connectivity index (χ4n) is 4.08. The number of rotatable bonds is 5. The van der Waals surface area contributed by atoms with Crippen LogP contribution in [0.4, 0.5) is 14.5 Å². The van der Waals surface area contributed by atoms with Crippen LogP contribution in [0.1, 0.15) is 23.2 Å². The Hall–Kier alpha value is -3.33. The van der Waals surface area contributed by atoms with Crippen molar-refractivity contribution < 1.29 is 26.8 Å². The number of alkyl halides is 2. The Balaban J connectivity index is 1.44. The summed E-state index contributed by atoms with van der Waals surface area (Å²) >= 11 is 0. The van der Waals surface area contributed by atoms with E-state index in [4.69, 9.17) is 0 Å². The van der Waals surface area contributed by atoms with E-state index in [9.17, 15) is 26.8 Å². The van der Waals surface area contributed by atoms with Crippen molar-refractivity contribution in [3.05, 3.63) is 72.3 Å². The van der Waals surface area contributed by atoms with Crippen LogP contribution >= 0.6 is 0 Å². The Morgan fingerprint density at radius 3 is 2.27 bits per heavy atom. The Labute approximate surface area is 190 Å². The number of hydrogen-bond acceptors (Lipinski definition) is 4. The van der Waals surface area contributed by atoms with E-state index >= 15 is 0 Å². The minimum atomic E-state index is -4.85. The van der Waals surface area contributed by atoms with Gasteiger partial charge in [-0.25, -0.2) is 8.42 Å². The highest BCUT2D eigenvalue weighted by Gasteiger charge is 2.32. The fourth-order valence-corrected chi connectivity index (χ4v) is 4.96. The molecule has 0 aliphatic carbocycles. The van der Waals surface area contributed by atoms with Crippen LogP contribution in [-0.2, 0) is 14.6 Å². The number of likely N-dealkylation sites (tertiary alicyclic amines) is 1. The smallest absolute Gasteiger partial charge is 0.339 e. The first-order valence-corrected chi connectivity index (χ1v) is 12.0. The lowest BCUT2D eigenvalue weighted by Crippen LogP contribution is -2.41. The van der Waals surface area contributed by atoms with Crippen molar-refractivity contribution in [2.75, 3.05) is 18.4 Å². The molecule has 0 unspecified atom stereocenters. The van der Waals surface area contributed by atoms with Crippen LogP contribution in [0.15, 0.2) is 71.6 Å². The highest BCUT2D eigenvalue weighted by atomic mass is 32.2. The van der Waals surface area contributed by atoms with E-state index in [0.29, 0.717) is 31.5 Å². The first kappa shape index (κ1) is 22.8. The van der Waals surface area contributed by atoms with Gasteiger partial charge in [0.1, 0.15) is 0 Å². The molecule has 1 aliphatic heterocycles. The first-order chi connectivity index (χ1) is 15.8. The third kappa shape index (κ3) is 4.59. The molecule has 1 N–H and O–H groups in total. The Bertz CT molecular complexity index is 1300. The third-order valence-electron chi connectivity index (χ3n) is 5.86. The number of fused-ring (bicyclic) bond motifs is 1. The van der Waals surface area contributed by atoms with Crippen molar-refractivity contribution in [1.29, 1.82) is 0 Å². The van der Waals surface area contributed by atoms with Crippen molar-refractivity contribution >= 4 is 38.1 Å². The molecule has 0 saturated carbocycles. The van der Waals surface area contributed by atoms with E-state index < -0.39 is 32.3 Å². The summed E-state index contributed by atoms with van der Waals surface area (Å²) in [4.78, 5) is 26.9. The molecule has 172 valence electrons. The monoisotopic (exact) mass is 472 g/mol. The largest absolute Gasteiger partial charge is 0.341 e. The van der Waals surface area contributed by atoms with E-state index in [1.807, 2.05) is 36.4 Å². The predicted octanol–water partition coefficient (Wildman–Crippen LogP) is 4.33. The second kappa shape index (κ2) is 9.27. The van der Waals surface area contributed by atoms with Gasteiger partial charge >= 0.3 is 5.76 Å². The van der Waals surface area contributed by atoms with Gasteiger partial charge in [-0.05, 0) is 41.8 Å². The zero-order chi connectivity index (χ0) is 23.6. The summed E-state index contributed by atoms with van der Waals surface area (Å²) in [6.07, 6.45) is 0.762. The van der Waals surface area contributed by atoms with Crippen molar-refractivity contribution in [3.8, 4) is 0 Å². The second-order valence-electron chi connectivity index (χ2n) is 7.88. The van der Waals surface area contributed by atoms with Crippen LogP contribution < -0.4 is 5.32 Å². The summed E-state index contributed by atoms with van der Waals surface area (Å²) in [5.41, 5.74) is 0.430. The number of hydrogen-bond donors (Lipinski definition) is 1. The van der Waals surface area contributed by atoms with Crippen LogP contribution in [0.2, 0.25) is 0 Å². The number of carbonyl (C=O) groups excluding carboxylic acids is 2. The quantitative estimate of drug-likeness (QED) is 0.599. The number of halogens is 2. The third-order valence-corrected chi connectivity index (χ3v) is 7.30. The molecule has 4 rings (SSSR count). The van der Waals surface area contributed by atoms with E-state index in [1.165, 1.54) is 18.2 Å². The predicted molar refractivity (Wildman–Crippen MR) is 121 cm³/mol. The highest BCUT2D eigenvalue weighted by Crippen LogP contribution is 2.28. The van der Waals surface area contributed by atoms with Gasteiger partial charge in [0.25, 0.3) is 5.91 Å². The zero-order valence-corrected chi connectivity index (χ0v) is 18.4. The molecular formula is C24H22F2N2O4S. The molecule has 0 aromatic heterocycles. The Morgan fingerprint density at radius 1 is 0.909 bits per heavy atom. The molecule has 1 fully saturated rings. The van der Waals surface area contributed by atoms with Gasteiger partial charge in [0.15, 0.2) is 0 Å². The van der Waals surface area contributed by atoms with Gasteiger partial charge in [-0.2, -0.15) is 8.78 Å². The fraction of sp³-hybridized carbons (Fsp3) is 0.250. The number of para-hydroxylation sites is 1. The van der Waals surface area contributed by atoms with E-state index in [-0.39, 0.29) is 11.6 Å². The van der Waals surface area contributed by atoms with Gasteiger partial charge in [-0.15, -0.1) is 0 Å². The lowest BCUT2D eigenvalue weighted by molar-refractivity contribution is -0.121. The molecule has 2 amide bonds. The van der Waals surface area contributed by atoms with Crippen molar-refractivity contribution in [2.24, 2.45) is 5.92 Å². The van der Waals surface area contributed by atoms with Gasteiger partial charge in [0, 0.05) is 24.6 Å². The molecule has 9 heteroatoms. The van der Waals surface area contributed by atoms with Crippen LogP contribution in [0.25, 0.3) is 10.8 Å².